The number of aryl methyl sites for hydroxylation is 1. The number of aromatic nitrogens is 3. The molecule has 0 unspecified atom stereocenters. The van der Waals surface area contributed by atoms with E-state index >= 15 is 0 Å². The minimum atomic E-state index is -0.338. The highest BCUT2D eigenvalue weighted by Crippen LogP contribution is 2.23. The van der Waals surface area contributed by atoms with Gasteiger partial charge in [-0.3, -0.25) is 14.9 Å². The van der Waals surface area contributed by atoms with Crippen LogP contribution in [0.4, 0.5) is 5.13 Å². The number of anilines is 1. The van der Waals surface area contributed by atoms with Crippen molar-refractivity contribution < 1.29 is 9.59 Å². The largest absolute Gasteiger partial charge is 0.344 e. The molecule has 100 valence electrons. The van der Waals surface area contributed by atoms with Crippen LogP contribution in [0, 0.1) is 6.92 Å². The molecule has 0 spiro atoms. The van der Waals surface area contributed by atoms with Gasteiger partial charge in [0, 0.05) is 14.1 Å². The van der Waals surface area contributed by atoms with E-state index in [2.05, 4.69) is 20.3 Å². The maximum Gasteiger partial charge on any atom is 0.275 e. The Labute approximate surface area is 113 Å². The summed E-state index contributed by atoms with van der Waals surface area (Å²) in [4.78, 5) is 36.3. The molecule has 2 heterocycles. The van der Waals surface area contributed by atoms with E-state index in [1.807, 2.05) is 0 Å². The van der Waals surface area contributed by atoms with Gasteiger partial charge in [0.15, 0.2) is 5.13 Å². The SMILES string of the molecule is Cc1nc(NC(=O)c2cnc[nH]2)sc1C(=O)N(C)C. The van der Waals surface area contributed by atoms with Crippen LogP contribution in [0.2, 0.25) is 0 Å². The van der Waals surface area contributed by atoms with E-state index in [9.17, 15) is 9.59 Å². The molecule has 0 aliphatic rings. The van der Waals surface area contributed by atoms with Crippen molar-refractivity contribution >= 4 is 28.3 Å². The van der Waals surface area contributed by atoms with Crippen molar-refractivity contribution in [3.63, 3.8) is 0 Å². The van der Waals surface area contributed by atoms with Gasteiger partial charge in [-0.05, 0) is 6.92 Å². The molecule has 2 aromatic heterocycles. The molecule has 2 rings (SSSR count). The zero-order valence-corrected chi connectivity index (χ0v) is 11.5. The monoisotopic (exact) mass is 279 g/mol. The van der Waals surface area contributed by atoms with Crippen LogP contribution < -0.4 is 5.32 Å². The minimum Gasteiger partial charge on any atom is -0.344 e. The number of rotatable bonds is 3. The standard InChI is InChI=1S/C11H13N5O2S/c1-6-8(10(18)16(2)3)19-11(14-6)15-9(17)7-4-12-5-13-7/h4-5H,1-3H3,(H,12,13)(H,14,15,17). The lowest BCUT2D eigenvalue weighted by Crippen LogP contribution is -2.21. The number of H-pyrrole nitrogens is 1. The average Bonchev–Trinajstić information content (AvgIpc) is 2.97. The van der Waals surface area contributed by atoms with Crippen molar-refractivity contribution in [1.82, 2.24) is 19.9 Å². The van der Waals surface area contributed by atoms with Crippen LogP contribution in [0.3, 0.4) is 0 Å². The summed E-state index contributed by atoms with van der Waals surface area (Å²) in [6.07, 6.45) is 2.84. The number of imidazole rings is 1. The topological polar surface area (TPSA) is 91.0 Å². The Morgan fingerprint density at radius 1 is 1.42 bits per heavy atom. The van der Waals surface area contributed by atoms with Crippen molar-refractivity contribution in [2.24, 2.45) is 0 Å². The zero-order chi connectivity index (χ0) is 14.0. The number of nitrogens with one attached hydrogen (secondary N) is 2. The van der Waals surface area contributed by atoms with Gasteiger partial charge in [0.05, 0.1) is 18.2 Å². The summed E-state index contributed by atoms with van der Waals surface area (Å²) in [5.74, 6) is -0.466. The Kier molecular flexibility index (Phi) is 3.61. The Balaban J connectivity index is 2.17. The summed E-state index contributed by atoms with van der Waals surface area (Å²) >= 11 is 1.15. The molecule has 0 aromatic carbocycles. The normalized spacial score (nSPS) is 10.3. The van der Waals surface area contributed by atoms with Crippen molar-refractivity contribution in [2.45, 2.75) is 6.92 Å². The van der Waals surface area contributed by atoms with Crippen molar-refractivity contribution in [3.8, 4) is 0 Å². The average molecular weight is 279 g/mol. The summed E-state index contributed by atoms with van der Waals surface area (Å²) in [6, 6.07) is 0. The summed E-state index contributed by atoms with van der Waals surface area (Å²) < 4.78 is 0. The van der Waals surface area contributed by atoms with E-state index in [1.54, 1.807) is 21.0 Å². The Morgan fingerprint density at radius 3 is 2.74 bits per heavy atom. The van der Waals surface area contributed by atoms with E-state index in [0.717, 1.165) is 11.3 Å². The predicted molar refractivity (Wildman–Crippen MR) is 71.4 cm³/mol. The minimum absolute atomic E-state index is 0.128. The van der Waals surface area contributed by atoms with E-state index in [4.69, 9.17) is 0 Å². The van der Waals surface area contributed by atoms with Crippen molar-refractivity contribution in [3.05, 3.63) is 28.8 Å². The summed E-state index contributed by atoms with van der Waals surface area (Å²) in [5, 5.41) is 3.02. The van der Waals surface area contributed by atoms with Crippen LogP contribution >= 0.6 is 11.3 Å². The van der Waals surface area contributed by atoms with E-state index in [0.29, 0.717) is 21.4 Å². The summed E-state index contributed by atoms with van der Waals surface area (Å²) in [7, 11) is 3.34. The number of thiazole rings is 1. The third-order valence-electron chi connectivity index (χ3n) is 2.36. The molecule has 0 fully saturated rings. The van der Waals surface area contributed by atoms with Crippen LogP contribution in [0.25, 0.3) is 0 Å². The molecule has 0 aliphatic carbocycles. The third kappa shape index (κ3) is 2.79. The number of aromatic amines is 1. The van der Waals surface area contributed by atoms with Crippen LogP contribution in [0.15, 0.2) is 12.5 Å². The first-order valence-electron chi connectivity index (χ1n) is 5.48. The van der Waals surface area contributed by atoms with Gasteiger partial charge < -0.3 is 9.88 Å². The second-order valence-electron chi connectivity index (χ2n) is 4.05. The number of nitrogens with zero attached hydrogens (tertiary/aromatic N) is 3. The quantitative estimate of drug-likeness (QED) is 0.881. The molecule has 0 saturated heterocycles. The van der Waals surface area contributed by atoms with Crippen LogP contribution in [0.5, 0.6) is 0 Å². The lowest BCUT2D eigenvalue weighted by molar-refractivity contribution is 0.0831. The molecule has 19 heavy (non-hydrogen) atoms. The van der Waals surface area contributed by atoms with Crippen LogP contribution in [-0.2, 0) is 0 Å². The highest BCUT2D eigenvalue weighted by molar-refractivity contribution is 7.17. The third-order valence-corrected chi connectivity index (χ3v) is 3.42. The van der Waals surface area contributed by atoms with E-state index < -0.39 is 0 Å². The molecule has 2 N–H and O–H groups in total. The molecule has 7 nitrogen and oxygen atoms in total. The van der Waals surface area contributed by atoms with E-state index in [1.165, 1.54) is 17.4 Å². The number of carbonyl (C=O) groups excluding carboxylic acids is 2. The smallest absolute Gasteiger partial charge is 0.275 e. The number of hydrogen-bond donors (Lipinski definition) is 2. The number of amides is 2. The summed E-state index contributed by atoms with van der Waals surface area (Å²) in [6.45, 7) is 1.74. The summed E-state index contributed by atoms with van der Waals surface area (Å²) in [5.41, 5.74) is 0.942. The second kappa shape index (κ2) is 5.19. The van der Waals surface area contributed by atoms with Crippen LogP contribution in [0.1, 0.15) is 25.9 Å². The molecule has 2 amide bonds. The number of hydrogen-bond acceptors (Lipinski definition) is 5. The molecular formula is C11H13N5O2S. The molecule has 2 aromatic rings. The van der Waals surface area contributed by atoms with Gasteiger partial charge in [0.25, 0.3) is 11.8 Å². The van der Waals surface area contributed by atoms with Gasteiger partial charge >= 0.3 is 0 Å². The second-order valence-corrected chi connectivity index (χ2v) is 5.05. The first-order valence-corrected chi connectivity index (χ1v) is 6.29. The van der Waals surface area contributed by atoms with Crippen LogP contribution in [-0.4, -0.2) is 45.8 Å². The van der Waals surface area contributed by atoms with Gasteiger partial charge in [-0.25, -0.2) is 9.97 Å². The van der Waals surface area contributed by atoms with E-state index in [-0.39, 0.29) is 11.8 Å². The fourth-order valence-electron chi connectivity index (χ4n) is 1.40. The molecule has 0 aliphatic heterocycles. The first-order chi connectivity index (χ1) is 8.99. The van der Waals surface area contributed by atoms with Gasteiger partial charge in [-0.15, -0.1) is 0 Å². The predicted octanol–water partition coefficient (Wildman–Crippen LogP) is 1.13. The van der Waals surface area contributed by atoms with Gasteiger partial charge in [-0.1, -0.05) is 11.3 Å². The molecular weight excluding hydrogens is 266 g/mol. The van der Waals surface area contributed by atoms with Gasteiger partial charge in [0.2, 0.25) is 0 Å². The van der Waals surface area contributed by atoms with Gasteiger partial charge in [0.1, 0.15) is 10.6 Å². The van der Waals surface area contributed by atoms with Crippen molar-refractivity contribution in [2.75, 3.05) is 19.4 Å². The fourth-order valence-corrected chi connectivity index (χ4v) is 2.38. The Hall–Kier alpha value is -2.22. The Morgan fingerprint density at radius 2 is 2.16 bits per heavy atom. The molecule has 0 atom stereocenters. The molecule has 0 bridgehead atoms. The lowest BCUT2D eigenvalue weighted by Gasteiger charge is -2.07. The Bertz CT molecular complexity index is 603. The highest BCUT2D eigenvalue weighted by Gasteiger charge is 2.18. The molecule has 0 radical (unpaired) electrons. The zero-order valence-electron chi connectivity index (χ0n) is 10.7. The fraction of sp³-hybridized carbons (Fsp3) is 0.273. The first kappa shape index (κ1) is 13.2. The maximum absolute atomic E-state index is 11.9. The molecule has 8 heteroatoms. The lowest BCUT2D eigenvalue weighted by atomic mass is 10.3. The van der Waals surface area contributed by atoms with Gasteiger partial charge in [-0.2, -0.15) is 0 Å². The maximum atomic E-state index is 11.9. The van der Waals surface area contributed by atoms with Crippen molar-refractivity contribution in [1.29, 1.82) is 0 Å². The molecule has 0 saturated carbocycles. The highest BCUT2D eigenvalue weighted by atomic mass is 32.1. The number of carbonyl (C=O) groups is 2.